The van der Waals surface area contributed by atoms with Crippen LogP contribution in [-0.2, 0) is 16.1 Å². The summed E-state index contributed by atoms with van der Waals surface area (Å²) in [7, 11) is 1.60. The summed E-state index contributed by atoms with van der Waals surface area (Å²) in [5, 5.41) is 5.55. The Labute approximate surface area is 235 Å². The lowest BCUT2D eigenvalue weighted by Gasteiger charge is -2.12. The molecule has 1 amide bonds. The molecular formula is C29H24ClN3O3S2. The molecule has 0 bridgehead atoms. The number of carbonyl (C=O) groups is 1. The van der Waals surface area contributed by atoms with Gasteiger partial charge in [0.05, 0.1) is 23.7 Å². The van der Waals surface area contributed by atoms with Crippen LogP contribution in [0.15, 0.2) is 90.0 Å². The third-order valence-corrected chi connectivity index (χ3v) is 7.65. The highest BCUT2D eigenvalue weighted by Crippen LogP contribution is 2.35. The molecule has 3 aromatic carbocycles. The summed E-state index contributed by atoms with van der Waals surface area (Å²) in [6.07, 6.45) is 3.77. The number of halogens is 1. The van der Waals surface area contributed by atoms with Gasteiger partial charge in [-0.15, -0.1) is 0 Å². The van der Waals surface area contributed by atoms with Gasteiger partial charge < -0.3 is 9.47 Å². The fourth-order valence-electron chi connectivity index (χ4n) is 3.96. The minimum absolute atomic E-state index is 0.132. The summed E-state index contributed by atoms with van der Waals surface area (Å²) < 4.78 is 13.5. The summed E-state index contributed by atoms with van der Waals surface area (Å²) >= 11 is 13.0. The van der Waals surface area contributed by atoms with E-state index in [1.807, 2.05) is 95.8 Å². The van der Waals surface area contributed by atoms with Crippen LogP contribution in [0.25, 0.3) is 23.0 Å². The van der Waals surface area contributed by atoms with Crippen molar-refractivity contribution in [2.24, 2.45) is 0 Å². The van der Waals surface area contributed by atoms with Gasteiger partial charge in [-0.2, -0.15) is 5.10 Å². The number of ether oxygens (including phenoxy) is 2. The van der Waals surface area contributed by atoms with E-state index in [2.05, 4.69) is 0 Å². The predicted octanol–water partition coefficient (Wildman–Crippen LogP) is 6.62. The van der Waals surface area contributed by atoms with Crippen molar-refractivity contribution in [3.8, 4) is 22.7 Å². The zero-order valence-electron chi connectivity index (χ0n) is 20.5. The van der Waals surface area contributed by atoms with E-state index in [0.29, 0.717) is 39.8 Å². The van der Waals surface area contributed by atoms with Crippen LogP contribution in [0.2, 0.25) is 5.02 Å². The third-order valence-electron chi connectivity index (χ3n) is 5.90. The van der Waals surface area contributed by atoms with Crippen molar-refractivity contribution < 1.29 is 14.3 Å². The third kappa shape index (κ3) is 5.84. The van der Waals surface area contributed by atoms with E-state index in [1.54, 1.807) is 12.0 Å². The number of benzene rings is 3. The Balaban J connectivity index is 1.49. The number of amides is 1. The Morgan fingerprint density at radius 2 is 1.84 bits per heavy atom. The van der Waals surface area contributed by atoms with Gasteiger partial charge in [0.1, 0.15) is 22.4 Å². The Morgan fingerprint density at radius 3 is 2.63 bits per heavy atom. The van der Waals surface area contributed by atoms with Crippen LogP contribution in [0.3, 0.4) is 0 Å². The van der Waals surface area contributed by atoms with E-state index >= 15 is 0 Å². The van der Waals surface area contributed by atoms with Gasteiger partial charge in [0.2, 0.25) is 0 Å². The van der Waals surface area contributed by atoms with Crippen LogP contribution in [0.5, 0.6) is 5.75 Å². The lowest BCUT2D eigenvalue weighted by Crippen LogP contribution is -2.31. The molecule has 0 saturated carbocycles. The number of thiocarbonyl (C=S) groups is 1. The SMILES string of the molecule is COCCN1C(=O)C(=Cc2cn(-c3ccccc3)nc2-c2cccc(OCc3ccccc3Cl)c2)SC1=S. The van der Waals surface area contributed by atoms with E-state index in [1.165, 1.54) is 11.8 Å². The molecule has 5 rings (SSSR count). The molecule has 1 aliphatic rings. The summed E-state index contributed by atoms with van der Waals surface area (Å²) in [4.78, 5) is 15.2. The van der Waals surface area contributed by atoms with Crippen LogP contribution in [0.4, 0.5) is 0 Å². The molecule has 2 heterocycles. The van der Waals surface area contributed by atoms with Crippen LogP contribution in [-0.4, -0.2) is 45.2 Å². The molecule has 4 aromatic rings. The molecule has 0 aliphatic carbocycles. The van der Waals surface area contributed by atoms with E-state index in [9.17, 15) is 4.79 Å². The van der Waals surface area contributed by atoms with Gasteiger partial charge in [-0.25, -0.2) is 4.68 Å². The topological polar surface area (TPSA) is 56.6 Å². The second-order valence-corrected chi connectivity index (χ2v) is 10.5. The maximum absolute atomic E-state index is 13.1. The van der Waals surface area contributed by atoms with Crippen molar-refractivity contribution in [3.05, 3.63) is 106 Å². The van der Waals surface area contributed by atoms with Gasteiger partial charge in [0.25, 0.3) is 5.91 Å². The highest BCUT2D eigenvalue weighted by Gasteiger charge is 2.32. The number of aromatic nitrogens is 2. The van der Waals surface area contributed by atoms with Crippen LogP contribution >= 0.6 is 35.6 Å². The number of nitrogens with zero attached hydrogens (tertiary/aromatic N) is 3. The lowest BCUT2D eigenvalue weighted by atomic mass is 10.1. The van der Waals surface area contributed by atoms with E-state index in [4.69, 9.17) is 38.4 Å². The molecule has 0 radical (unpaired) electrons. The fraction of sp³-hybridized carbons (Fsp3) is 0.138. The van der Waals surface area contributed by atoms with Crippen molar-refractivity contribution in [2.45, 2.75) is 6.61 Å². The Morgan fingerprint density at radius 1 is 1.05 bits per heavy atom. The van der Waals surface area contributed by atoms with Gasteiger partial charge >= 0.3 is 0 Å². The van der Waals surface area contributed by atoms with Crippen molar-refractivity contribution in [3.63, 3.8) is 0 Å². The minimum Gasteiger partial charge on any atom is -0.489 e. The average molecular weight is 562 g/mol. The largest absolute Gasteiger partial charge is 0.489 e. The van der Waals surface area contributed by atoms with Gasteiger partial charge in [-0.3, -0.25) is 9.69 Å². The second kappa shape index (κ2) is 12.0. The predicted molar refractivity (Wildman–Crippen MR) is 157 cm³/mol. The summed E-state index contributed by atoms with van der Waals surface area (Å²) in [5.74, 6) is 0.556. The molecule has 1 aromatic heterocycles. The van der Waals surface area contributed by atoms with Crippen LogP contribution in [0, 0.1) is 0 Å². The van der Waals surface area contributed by atoms with Crippen molar-refractivity contribution in [1.29, 1.82) is 0 Å². The standard InChI is InChI=1S/C29H24ClN3O3S2/c1-35-15-14-32-28(34)26(38-29(32)37)17-22-18-33(23-10-3-2-4-11-23)31-27(22)20-9-7-12-24(16-20)36-19-21-8-5-6-13-25(21)30/h2-13,16-18H,14-15,19H2,1H3. The number of thioether (sulfide) groups is 1. The molecule has 9 heteroatoms. The quantitative estimate of drug-likeness (QED) is 0.169. The summed E-state index contributed by atoms with van der Waals surface area (Å²) in [5.41, 5.74) is 4.19. The van der Waals surface area contributed by atoms with Crippen molar-refractivity contribution >= 4 is 51.9 Å². The minimum atomic E-state index is -0.132. The van der Waals surface area contributed by atoms with Crippen molar-refractivity contribution in [2.75, 3.05) is 20.3 Å². The molecule has 1 fully saturated rings. The smallest absolute Gasteiger partial charge is 0.266 e. The van der Waals surface area contributed by atoms with Gasteiger partial charge in [0.15, 0.2) is 0 Å². The van der Waals surface area contributed by atoms with Gasteiger partial charge in [-0.05, 0) is 36.4 Å². The molecule has 1 aliphatic heterocycles. The van der Waals surface area contributed by atoms with E-state index in [-0.39, 0.29) is 5.91 Å². The van der Waals surface area contributed by atoms with E-state index in [0.717, 1.165) is 28.1 Å². The second-order valence-electron chi connectivity index (χ2n) is 8.45. The van der Waals surface area contributed by atoms with Crippen LogP contribution < -0.4 is 4.74 Å². The zero-order valence-corrected chi connectivity index (χ0v) is 22.9. The normalized spacial score (nSPS) is 14.5. The highest BCUT2D eigenvalue weighted by molar-refractivity contribution is 8.26. The maximum Gasteiger partial charge on any atom is 0.266 e. The number of para-hydroxylation sites is 1. The van der Waals surface area contributed by atoms with E-state index < -0.39 is 0 Å². The Hall–Kier alpha value is -3.43. The molecule has 0 spiro atoms. The molecule has 38 heavy (non-hydrogen) atoms. The average Bonchev–Trinajstić information content (AvgIpc) is 3.48. The number of hydrogen-bond donors (Lipinski definition) is 0. The molecule has 192 valence electrons. The first-order chi connectivity index (χ1) is 18.5. The van der Waals surface area contributed by atoms with Crippen molar-refractivity contribution in [1.82, 2.24) is 14.7 Å². The molecule has 1 saturated heterocycles. The summed E-state index contributed by atoms with van der Waals surface area (Å²) in [6.45, 7) is 1.18. The molecular weight excluding hydrogens is 538 g/mol. The van der Waals surface area contributed by atoms with Gasteiger partial charge in [-0.1, -0.05) is 84.1 Å². The number of carbonyl (C=O) groups excluding carboxylic acids is 1. The summed E-state index contributed by atoms with van der Waals surface area (Å²) in [6, 6.07) is 25.2. The molecule has 0 unspecified atom stereocenters. The first kappa shape index (κ1) is 26.2. The van der Waals surface area contributed by atoms with Gasteiger partial charge in [0, 0.05) is 35.0 Å². The first-order valence-corrected chi connectivity index (χ1v) is 13.5. The number of rotatable bonds is 9. The molecule has 0 atom stereocenters. The molecule has 0 N–H and O–H groups in total. The molecule has 6 nitrogen and oxygen atoms in total. The fourth-order valence-corrected chi connectivity index (χ4v) is 5.45. The lowest BCUT2D eigenvalue weighted by molar-refractivity contribution is -0.122. The number of hydrogen-bond acceptors (Lipinski definition) is 6. The Kier molecular flexibility index (Phi) is 8.24. The number of methoxy groups -OCH3 is 1. The first-order valence-electron chi connectivity index (χ1n) is 11.9. The monoisotopic (exact) mass is 561 g/mol. The zero-order chi connectivity index (χ0) is 26.5. The maximum atomic E-state index is 13.1. The Bertz CT molecular complexity index is 1500. The highest BCUT2D eigenvalue weighted by atomic mass is 35.5. The van der Waals surface area contributed by atoms with Crippen LogP contribution in [0.1, 0.15) is 11.1 Å².